The van der Waals surface area contributed by atoms with Gasteiger partial charge in [0, 0.05) is 0 Å². The summed E-state index contributed by atoms with van der Waals surface area (Å²) >= 11 is 0. The summed E-state index contributed by atoms with van der Waals surface area (Å²) in [5, 5.41) is 21.2. The van der Waals surface area contributed by atoms with Crippen LogP contribution < -0.4 is 5.32 Å². The minimum Gasteiger partial charge on any atom is -0.480 e. The van der Waals surface area contributed by atoms with Crippen molar-refractivity contribution in [3.8, 4) is 0 Å². The predicted octanol–water partition coefficient (Wildman–Crippen LogP) is 2.49. The van der Waals surface area contributed by atoms with Gasteiger partial charge >= 0.3 is 5.97 Å². The fourth-order valence-electron chi connectivity index (χ4n) is 2.07. The van der Waals surface area contributed by atoms with Gasteiger partial charge in [-0.25, -0.2) is 4.79 Å². The molecule has 0 rings (SSSR count). The molecule has 0 unspecified atom stereocenters. The van der Waals surface area contributed by atoms with Crippen molar-refractivity contribution in [1.29, 1.82) is 0 Å². The number of amides is 1. The molecule has 5 heteroatoms. The number of carboxylic acids is 1. The van der Waals surface area contributed by atoms with Crippen molar-refractivity contribution in [2.75, 3.05) is 0 Å². The van der Waals surface area contributed by atoms with Gasteiger partial charge in [0.25, 0.3) is 0 Å². The summed E-state index contributed by atoms with van der Waals surface area (Å²) in [5.41, 5.74) is 0. The molecule has 5 nitrogen and oxygen atoms in total. The molecule has 0 aromatic carbocycles. The molecular formula is C16H29NO4. The fourth-order valence-corrected chi connectivity index (χ4v) is 2.07. The first kappa shape index (κ1) is 19.6. The first-order valence-electron chi connectivity index (χ1n) is 7.70. The summed E-state index contributed by atoms with van der Waals surface area (Å²) in [5.74, 6) is -1.46. The number of aliphatic carboxylic acids is 1. The molecule has 0 aromatic rings. The molecule has 122 valence electrons. The summed E-state index contributed by atoms with van der Waals surface area (Å²) in [6.45, 7) is 7.45. The van der Waals surface area contributed by atoms with Crippen LogP contribution in [0.3, 0.4) is 0 Å². The number of hydrogen-bond donors (Lipinski definition) is 3. The van der Waals surface area contributed by atoms with Crippen LogP contribution in [0.2, 0.25) is 0 Å². The second kappa shape index (κ2) is 11.3. The van der Waals surface area contributed by atoms with Gasteiger partial charge in [0.15, 0.2) is 0 Å². The number of unbranched alkanes of at least 4 members (excludes halogenated alkanes) is 4. The molecule has 0 aliphatic carbocycles. The van der Waals surface area contributed by atoms with Crippen LogP contribution >= 0.6 is 0 Å². The molecule has 0 spiro atoms. The number of allylic oxidation sites excluding steroid dienone is 1. The molecule has 0 aliphatic rings. The van der Waals surface area contributed by atoms with Gasteiger partial charge in [-0.15, -0.1) is 6.58 Å². The average Bonchev–Trinajstić information content (AvgIpc) is 2.39. The lowest BCUT2D eigenvalue weighted by Crippen LogP contribution is -2.45. The van der Waals surface area contributed by atoms with E-state index in [9.17, 15) is 14.7 Å². The highest BCUT2D eigenvalue weighted by Gasteiger charge is 2.23. The summed E-state index contributed by atoms with van der Waals surface area (Å²) < 4.78 is 0. The normalized spacial score (nSPS) is 13.7. The molecule has 0 saturated carbocycles. The van der Waals surface area contributed by atoms with Gasteiger partial charge in [-0.1, -0.05) is 39.2 Å². The Hall–Kier alpha value is -1.36. The van der Waals surface area contributed by atoms with E-state index >= 15 is 0 Å². The van der Waals surface area contributed by atoms with Crippen molar-refractivity contribution in [2.45, 2.75) is 70.9 Å². The van der Waals surface area contributed by atoms with Crippen molar-refractivity contribution in [2.24, 2.45) is 5.92 Å². The van der Waals surface area contributed by atoms with Crippen molar-refractivity contribution < 1.29 is 19.8 Å². The molecule has 0 aliphatic heterocycles. The Morgan fingerprint density at radius 1 is 1.19 bits per heavy atom. The number of carbonyl (C=O) groups excluding carboxylic acids is 1. The Balaban J connectivity index is 4.09. The zero-order valence-electron chi connectivity index (χ0n) is 13.2. The summed E-state index contributed by atoms with van der Waals surface area (Å²) in [7, 11) is 0. The van der Waals surface area contributed by atoms with Crippen LogP contribution in [-0.2, 0) is 9.59 Å². The van der Waals surface area contributed by atoms with Crippen LogP contribution in [0.5, 0.6) is 0 Å². The van der Waals surface area contributed by atoms with E-state index in [0.29, 0.717) is 12.8 Å². The molecular weight excluding hydrogens is 270 g/mol. The zero-order valence-corrected chi connectivity index (χ0v) is 13.2. The third-order valence-corrected chi connectivity index (χ3v) is 3.26. The summed E-state index contributed by atoms with van der Waals surface area (Å²) in [6, 6.07) is -0.918. The molecule has 0 bridgehead atoms. The number of aliphatic hydroxyl groups excluding tert-OH is 1. The molecule has 0 heterocycles. The number of hydrogen-bond acceptors (Lipinski definition) is 3. The number of carbonyl (C=O) groups is 2. The summed E-state index contributed by atoms with van der Waals surface area (Å²) in [4.78, 5) is 22.9. The van der Waals surface area contributed by atoms with Gasteiger partial charge in [-0.05, 0) is 31.6 Å². The molecule has 0 aromatic heterocycles. The smallest absolute Gasteiger partial charge is 0.326 e. The van der Waals surface area contributed by atoms with Crippen LogP contribution in [0.15, 0.2) is 12.7 Å². The molecule has 2 atom stereocenters. The minimum absolute atomic E-state index is 0.180. The van der Waals surface area contributed by atoms with Gasteiger partial charge < -0.3 is 15.5 Å². The highest BCUT2D eigenvalue weighted by atomic mass is 16.4. The van der Waals surface area contributed by atoms with Gasteiger partial charge in [0.1, 0.15) is 12.1 Å². The van der Waals surface area contributed by atoms with Crippen LogP contribution in [-0.4, -0.2) is 34.2 Å². The lowest BCUT2D eigenvalue weighted by atomic mass is 10.0. The predicted molar refractivity (Wildman–Crippen MR) is 82.9 cm³/mol. The van der Waals surface area contributed by atoms with Crippen LogP contribution in [0.25, 0.3) is 0 Å². The second-order valence-corrected chi connectivity index (χ2v) is 5.82. The van der Waals surface area contributed by atoms with Crippen LogP contribution in [0.1, 0.15) is 58.8 Å². The number of rotatable bonds is 12. The topological polar surface area (TPSA) is 86.6 Å². The third kappa shape index (κ3) is 10.1. The Kier molecular flexibility index (Phi) is 10.6. The summed E-state index contributed by atoms with van der Waals surface area (Å²) in [6.07, 6.45) is 6.19. The van der Waals surface area contributed by atoms with Crippen molar-refractivity contribution in [3.63, 3.8) is 0 Å². The molecule has 1 amide bonds. The maximum Gasteiger partial charge on any atom is 0.326 e. The van der Waals surface area contributed by atoms with E-state index in [1.54, 1.807) is 0 Å². The first-order chi connectivity index (χ1) is 9.88. The van der Waals surface area contributed by atoms with Gasteiger partial charge in [0.2, 0.25) is 5.91 Å². The van der Waals surface area contributed by atoms with E-state index in [2.05, 4.69) is 11.9 Å². The average molecular weight is 299 g/mol. The third-order valence-electron chi connectivity index (χ3n) is 3.26. The van der Waals surface area contributed by atoms with E-state index < -0.39 is 24.0 Å². The lowest BCUT2D eigenvalue weighted by molar-refractivity contribution is -0.143. The maximum absolute atomic E-state index is 11.7. The van der Waals surface area contributed by atoms with Gasteiger partial charge in [0.05, 0.1) is 0 Å². The second-order valence-electron chi connectivity index (χ2n) is 5.82. The van der Waals surface area contributed by atoms with Crippen molar-refractivity contribution in [3.05, 3.63) is 12.7 Å². The standard InChI is InChI=1S/C16H29NO4/c1-4-5-6-7-8-9-10-13(16(20)21)17-15(19)14(18)11-12(2)3/h4,12-14,18H,1,5-11H2,2-3H3,(H,17,19)(H,20,21)/t13-,14-/m1/s1. The monoisotopic (exact) mass is 299 g/mol. The Bertz CT molecular complexity index is 328. The zero-order chi connectivity index (χ0) is 16.3. The number of carboxylic acid groups (broad SMARTS) is 1. The fraction of sp³-hybridized carbons (Fsp3) is 0.750. The highest BCUT2D eigenvalue weighted by Crippen LogP contribution is 2.09. The Labute approximate surface area is 127 Å². The SMILES string of the molecule is C=CCCCCCC[C@@H](NC(=O)[C@H](O)CC(C)C)C(=O)O. The van der Waals surface area contributed by atoms with E-state index in [0.717, 1.165) is 32.1 Å². The van der Waals surface area contributed by atoms with Crippen molar-refractivity contribution in [1.82, 2.24) is 5.32 Å². The van der Waals surface area contributed by atoms with E-state index in [1.807, 2.05) is 19.9 Å². The lowest BCUT2D eigenvalue weighted by Gasteiger charge is -2.18. The highest BCUT2D eigenvalue weighted by molar-refractivity contribution is 5.86. The van der Waals surface area contributed by atoms with Crippen LogP contribution in [0.4, 0.5) is 0 Å². The molecule has 0 radical (unpaired) electrons. The Morgan fingerprint density at radius 2 is 1.81 bits per heavy atom. The van der Waals surface area contributed by atoms with E-state index in [-0.39, 0.29) is 5.92 Å². The van der Waals surface area contributed by atoms with Gasteiger partial charge in [-0.3, -0.25) is 4.79 Å². The first-order valence-corrected chi connectivity index (χ1v) is 7.70. The van der Waals surface area contributed by atoms with Crippen LogP contribution in [0, 0.1) is 5.92 Å². The van der Waals surface area contributed by atoms with Crippen molar-refractivity contribution >= 4 is 11.9 Å². The molecule has 21 heavy (non-hydrogen) atoms. The van der Waals surface area contributed by atoms with E-state index in [4.69, 9.17) is 5.11 Å². The Morgan fingerprint density at radius 3 is 2.33 bits per heavy atom. The number of aliphatic hydroxyl groups is 1. The molecule has 0 fully saturated rings. The minimum atomic E-state index is -1.14. The quantitative estimate of drug-likeness (QED) is 0.382. The number of nitrogens with one attached hydrogen (secondary N) is 1. The molecule has 0 saturated heterocycles. The largest absolute Gasteiger partial charge is 0.480 e. The van der Waals surface area contributed by atoms with Gasteiger partial charge in [-0.2, -0.15) is 0 Å². The maximum atomic E-state index is 11.7. The molecule has 3 N–H and O–H groups in total. The van der Waals surface area contributed by atoms with E-state index in [1.165, 1.54) is 0 Å².